The van der Waals surface area contributed by atoms with Crippen LogP contribution in [0, 0.1) is 50.2 Å². The minimum Gasteiger partial charge on any atom is -0.507 e. The van der Waals surface area contributed by atoms with Crippen molar-refractivity contribution in [3.05, 3.63) is 77.4 Å². The van der Waals surface area contributed by atoms with E-state index < -0.39 is 151 Å². The Morgan fingerprint density at radius 1 is 0.761 bits per heavy atom. The molecule has 4 saturated carbocycles. The van der Waals surface area contributed by atoms with E-state index in [0.29, 0.717) is 74.8 Å². The predicted molar refractivity (Wildman–Crippen MR) is 330 cm³/mol. The number of aliphatic hydroxyl groups is 9. The number of hydrogen-bond donors (Lipinski definition) is 12. The lowest BCUT2D eigenvalue weighted by atomic mass is 9.33. The molecule has 24 atom stereocenters. The molecule has 0 bridgehead atoms. The number of aromatic hydroxyl groups is 1. The molecule has 7 fully saturated rings. The van der Waals surface area contributed by atoms with Crippen LogP contribution in [0.3, 0.4) is 0 Å². The second kappa shape index (κ2) is 27.3. The number of hydrogen-bond acceptors (Lipinski definition) is 21. The lowest BCUT2D eigenvalue weighted by Gasteiger charge is -2.71. The molecule has 0 spiro atoms. The Balaban J connectivity index is 0.840. The molecule has 0 radical (unpaired) electrons. The fraction of sp³-hybridized carbons (Fsp3) is 0.710. The molecule has 2 amide bonds. The Morgan fingerprint density at radius 2 is 1.48 bits per heavy atom. The summed E-state index contributed by atoms with van der Waals surface area (Å²) in [5, 5.41) is 118. The first-order chi connectivity index (χ1) is 43.5. The molecule has 5 aliphatic carbocycles. The van der Waals surface area contributed by atoms with Crippen molar-refractivity contribution in [3.8, 4) is 11.5 Å². The molecule has 12 N–H and O–H groups in total. The maximum atomic E-state index is 15.8. The number of esters is 1. The Kier molecular flexibility index (Phi) is 20.7. The average molecular weight is 1290 g/mol. The number of amides is 2. The predicted octanol–water partition coefficient (Wildman–Crippen LogP) is 4.00. The van der Waals surface area contributed by atoms with Crippen LogP contribution >= 0.6 is 0 Å². The summed E-state index contributed by atoms with van der Waals surface area (Å²) in [7, 11) is 0. The van der Waals surface area contributed by atoms with Gasteiger partial charge < -0.3 is 99.7 Å². The van der Waals surface area contributed by atoms with Crippen molar-refractivity contribution in [2.24, 2.45) is 50.2 Å². The molecule has 12 unspecified atom stereocenters. The van der Waals surface area contributed by atoms with Crippen LogP contribution in [0.4, 0.5) is 0 Å². The third-order valence-corrected chi connectivity index (χ3v) is 23.5. The number of carbonyl (C=O) groups excluding carboxylic acids is 4. The van der Waals surface area contributed by atoms with Crippen molar-refractivity contribution in [2.75, 3.05) is 19.8 Å². The molecule has 10 rings (SSSR count). The Bertz CT molecular complexity index is 3020. The van der Waals surface area contributed by atoms with Gasteiger partial charge in [0.1, 0.15) is 78.6 Å². The van der Waals surface area contributed by atoms with Gasteiger partial charge in [-0.15, -0.1) is 0 Å². The molecule has 3 heterocycles. The molecule has 510 valence electrons. The molecule has 3 saturated heterocycles. The minimum atomic E-state index is -1.98. The number of phenolic OH excluding ortho intramolecular Hbond substituents is 1. The van der Waals surface area contributed by atoms with Crippen LogP contribution < -0.4 is 15.4 Å². The summed E-state index contributed by atoms with van der Waals surface area (Å²) in [5.74, 6) is -1.71. The van der Waals surface area contributed by atoms with E-state index in [0.717, 1.165) is 30.3 Å². The van der Waals surface area contributed by atoms with Crippen molar-refractivity contribution in [1.82, 2.24) is 10.6 Å². The van der Waals surface area contributed by atoms with Crippen LogP contribution in [-0.4, -0.2) is 193 Å². The van der Waals surface area contributed by atoms with Crippen molar-refractivity contribution in [1.29, 1.82) is 0 Å². The highest BCUT2D eigenvalue weighted by Crippen LogP contribution is 2.76. The zero-order valence-corrected chi connectivity index (χ0v) is 53.9. The number of benzene rings is 2. The van der Waals surface area contributed by atoms with Crippen LogP contribution in [0.25, 0.3) is 6.08 Å². The first-order valence-electron chi connectivity index (χ1n) is 32.9. The van der Waals surface area contributed by atoms with E-state index in [4.69, 9.17) is 33.2 Å². The molecule has 2 aromatic rings. The zero-order chi connectivity index (χ0) is 66.6. The quantitative estimate of drug-likeness (QED) is 0.0386. The first kappa shape index (κ1) is 69.9. The topological polar surface area (TPSA) is 359 Å². The van der Waals surface area contributed by atoms with Gasteiger partial charge in [-0.2, -0.15) is 0 Å². The van der Waals surface area contributed by atoms with Crippen LogP contribution in [0.5, 0.6) is 11.5 Å². The summed E-state index contributed by atoms with van der Waals surface area (Å²) < 4.78 is 42.5. The Hall–Kier alpha value is -4.96. The molecule has 23 nitrogen and oxygen atoms in total. The molecule has 2 aromatic carbocycles. The van der Waals surface area contributed by atoms with E-state index in [-0.39, 0.29) is 60.2 Å². The van der Waals surface area contributed by atoms with E-state index in [2.05, 4.69) is 57.9 Å². The summed E-state index contributed by atoms with van der Waals surface area (Å²) in [6.45, 7) is 17.4. The normalized spacial score (nSPS) is 42.3. The SMILES string of the molecule is C=Cc1c(O)cccc1OCc1ccc(C(=O)NCCCCCC(=O)N[C@H]2C(CO)O[C@@H](OC(=O)[C@]34CCC(C)(C)CC3C3=CCC5C6(C)CC[C@H](O)[C@](C)(C=O)C6CCC5(C)[C@]3(C)C[C@H]4O)C(O[C@@H]3O[C@H](C)[C@H](O[C@@H]4OC[C@@H](O)C(O)C4O)C(O)C3O)C2O)cc1. The summed E-state index contributed by atoms with van der Waals surface area (Å²) in [6, 6.07) is 10.4. The standard InChI is InChI=1S/C69H98N2O21/c1-9-39-42(74)14-13-15-44(39)86-33-37-17-19-38(20-18-37)59(84)70-29-12-10-11-16-50(78)71-51-45(32-72)89-62(58(53(51)80)91-61-56(83)54(81)57(36(2)88-61)90-60-55(82)52(79)43(75)34-87-60)92-63(85)69-28-27-64(3,4)30-41(69)40-21-22-47-65(5)25-24-48(76)66(6,35-73)46(65)23-26-67(47,7)68(40,8)31-49(69)77/h9,13-15,17-21,35-36,41,43,45-49,51-58,60-62,72,74-77,79-83H,1,10-12,16,22-34H2,2-8H3,(H,70,84)(H,71,78)/t36-,41?,43-,45?,46?,47?,48+,49-,51+,52?,53?,54?,55?,56?,57+,58?,60+,61+,62+,65?,66-,67?,68-,69-/m1/s1. The Morgan fingerprint density at radius 3 is 2.18 bits per heavy atom. The van der Waals surface area contributed by atoms with Gasteiger partial charge in [-0.1, -0.05) is 90.5 Å². The molecule has 3 aliphatic heterocycles. The number of allylic oxidation sites excluding steroid dienone is 2. The monoisotopic (exact) mass is 1290 g/mol. The average Bonchev–Trinajstić information content (AvgIpc) is 0.674. The fourth-order valence-corrected chi connectivity index (χ4v) is 17.7. The van der Waals surface area contributed by atoms with E-state index in [1.807, 2.05) is 6.92 Å². The minimum absolute atomic E-state index is 0.0492. The summed E-state index contributed by atoms with van der Waals surface area (Å²) in [6.07, 6.45) is -12.9. The Labute approximate surface area is 537 Å². The number of aliphatic hydroxyl groups excluding tert-OH is 9. The number of nitrogens with one attached hydrogen (secondary N) is 2. The van der Waals surface area contributed by atoms with Crippen LogP contribution in [0.1, 0.15) is 153 Å². The summed E-state index contributed by atoms with van der Waals surface area (Å²) in [4.78, 5) is 55.5. The van der Waals surface area contributed by atoms with E-state index in [9.17, 15) is 65.4 Å². The van der Waals surface area contributed by atoms with Crippen molar-refractivity contribution in [2.45, 2.75) is 237 Å². The first-order valence-corrected chi connectivity index (χ1v) is 32.9. The number of fused-ring (bicyclic) bond motifs is 7. The van der Waals surface area contributed by atoms with Gasteiger partial charge in [0.15, 0.2) is 18.7 Å². The smallest absolute Gasteiger partial charge is 0.317 e. The van der Waals surface area contributed by atoms with Gasteiger partial charge >= 0.3 is 5.97 Å². The number of rotatable bonds is 20. The number of ether oxygens (including phenoxy) is 7. The van der Waals surface area contributed by atoms with Crippen molar-refractivity contribution < 1.29 is 103 Å². The number of phenols is 1. The highest BCUT2D eigenvalue weighted by molar-refractivity contribution is 5.94. The van der Waals surface area contributed by atoms with Gasteiger partial charge in [0, 0.05) is 18.5 Å². The third kappa shape index (κ3) is 12.6. The highest BCUT2D eigenvalue weighted by atomic mass is 16.8. The number of carbonyl (C=O) groups is 4. The van der Waals surface area contributed by atoms with E-state index in [1.54, 1.807) is 42.5 Å². The molecule has 92 heavy (non-hydrogen) atoms. The summed E-state index contributed by atoms with van der Waals surface area (Å²) in [5.41, 5.74) is -1.34. The maximum absolute atomic E-state index is 15.8. The lowest BCUT2D eigenvalue weighted by molar-refractivity contribution is -0.370. The molecule has 8 aliphatic rings. The van der Waals surface area contributed by atoms with Gasteiger partial charge in [-0.3, -0.25) is 14.4 Å². The van der Waals surface area contributed by atoms with Gasteiger partial charge in [-0.05, 0) is 147 Å². The van der Waals surface area contributed by atoms with Gasteiger partial charge in [-0.25, -0.2) is 0 Å². The molecular weight excluding hydrogens is 1190 g/mol. The van der Waals surface area contributed by atoms with Gasteiger partial charge in [0.05, 0.1) is 48.5 Å². The lowest BCUT2D eigenvalue weighted by Crippen LogP contribution is -2.69. The fourth-order valence-electron chi connectivity index (χ4n) is 17.7. The molecule has 0 aromatic heterocycles. The van der Waals surface area contributed by atoms with Gasteiger partial charge in [0.2, 0.25) is 12.2 Å². The largest absolute Gasteiger partial charge is 0.507 e. The summed E-state index contributed by atoms with van der Waals surface area (Å²) >= 11 is 0. The maximum Gasteiger partial charge on any atom is 0.317 e. The van der Waals surface area contributed by atoms with E-state index >= 15 is 4.79 Å². The number of aldehydes is 1. The highest BCUT2D eigenvalue weighted by Gasteiger charge is 2.72. The van der Waals surface area contributed by atoms with Crippen LogP contribution in [-0.2, 0) is 49.4 Å². The second-order valence-corrected chi connectivity index (χ2v) is 29.3. The molecule has 23 heteroatoms. The van der Waals surface area contributed by atoms with Crippen LogP contribution in [0.2, 0.25) is 0 Å². The number of unbranched alkanes of at least 4 members (excludes halogenated alkanes) is 2. The van der Waals surface area contributed by atoms with E-state index in [1.165, 1.54) is 13.0 Å². The zero-order valence-electron chi connectivity index (χ0n) is 53.9. The third-order valence-electron chi connectivity index (χ3n) is 23.5. The molecular formula is C69H98N2O21. The van der Waals surface area contributed by atoms with Crippen molar-refractivity contribution in [3.63, 3.8) is 0 Å². The second-order valence-electron chi connectivity index (χ2n) is 29.3. The van der Waals surface area contributed by atoms with Crippen LogP contribution in [0.15, 0.2) is 60.7 Å². The van der Waals surface area contributed by atoms with Crippen molar-refractivity contribution >= 4 is 30.1 Å². The van der Waals surface area contributed by atoms with Gasteiger partial charge in [0.25, 0.3) is 5.91 Å².